The Hall–Kier alpha value is -2.97. The maximum atomic E-state index is 12.5. The second-order valence-electron chi connectivity index (χ2n) is 6.72. The molecule has 0 aromatic heterocycles. The molecule has 0 aliphatic carbocycles. The maximum Gasteiger partial charge on any atom is 0.264 e. The lowest BCUT2D eigenvalue weighted by atomic mass is 10.1. The van der Waals surface area contributed by atoms with Crippen LogP contribution in [0.5, 0.6) is 11.5 Å². The minimum Gasteiger partial charge on any atom is -0.490 e. The van der Waals surface area contributed by atoms with Gasteiger partial charge in [-0.05, 0) is 61.2 Å². The summed E-state index contributed by atoms with van der Waals surface area (Å²) in [6, 6.07) is 14.9. The Morgan fingerprint density at radius 1 is 1.14 bits per heavy atom. The smallest absolute Gasteiger partial charge is 0.264 e. The van der Waals surface area contributed by atoms with E-state index in [2.05, 4.69) is 0 Å². The number of carbonyl (C=O) groups excluding carboxylic acids is 1. The Balaban J connectivity index is 1.78. The van der Waals surface area contributed by atoms with Gasteiger partial charge in [-0.1, -0.05) is 29.8 Å². The molecule has 150 valence electrons. The Morgan fingerprint density at radius 3 is 2.52 bits per heavy atom. The van der Waals surface area contributed by atoms with Crippen molar-refractivity contribution in [1.82, 2.24) is 4.90 Å². The summed E-state index contributed by atoms with van der Waals surface area (Å²) in [5.41, 5.74) is 1.84. The van der Waals surface area contributed by atoms with Crippen LogP contribution in [0.4, 0.5) is 0 Å². The van der Waals surface area contributed by atoms with E-state index in [0.717, 1.165) is 24.0 Å². The zero-order valence-corrected chi connectivity index (χ0v) is 17.1. The van der Waals surface area contributed by atoms with Crippen LogP contribution in [0.3, 0.4) is 0 Å². The van der Waals surface area contributed by atoms with Gasteiger partial charge in [-0.2, -0.15) is 5.26 Å². The molecule has 0 saturated carbocycles. The zero-order chi connectivity index (χ0) is 20.6. The van der Waals surface area contributed by atoms with Gasteiger partial charge in [0.2, 0.25) is 0 Å². The maximum absolute atomic E-state index is 12.5. The van der Waals surface area contributed by atoms with Crippen molar-refractivity contribution in [1.29, 1.82) is 5.26 Å². The van der Waals surface area contributed by atoms with Gasteiger partial charge in [0.1, 0.15) is 18.2 Å². The van der Waals surface area contributed by atoms with E-state index in [1.807, 2.05) is 43.3 Å². The third-order valence-corrected chi connectivity index (χ3v) is 4.88. The summed E-state index contributed by atoms with van der Waals surface area (Å²) in [5.74, 6) is 0.954. The highest BCUT2D eigenvalue weighted by Crippen LogP contribution is 2.30. The molecule has 1 aliphatic rings. The summed E-state index contributed by atoms with van der Waals surface area (Å²) in [7, 11) is 0. The van der Waals surface area contributed by atoms with Crippen molar-refractivity contribution in [3.63, 3.8) is 0 Å². The van der Waals surface area contributed by atoms with Gasteiger partial charge in [0.05, 0.1) is 6.61 Å². The molecule has 1 saturated heterocycles. The summed E-state index contributed by atoms with van der Waals surface area (Å²) in [6.07, 6.45) is 3.57. The number of rotatable bonds is 7. The molecular formula is C23H23ClN2O3. The summed E-state index contributed by atoms with van der Waals surface area (Å²) in [5, 5.41) is 10.1. The molecule has 0 unspecified atom stereocenters. The Bertz CT molecular complexity index is 926. The number of ether oxygens (including phenoxy) is 2. The van der Waals surface area contributed by atoms with E-state index >= 15 is 0 Å². The highest BCUT2D eigenvalue weighted by molar-refractivity contribution is 6.30. The number of likely N-dealkylation sites (tertiary alicyclic amines) is 1. The lowest BCUT2D eigenvalue weighted by molar-refractivity contribution is -0.125. The minimum atomic E-state index is -0.217. The van der Waals surface area contributed by atoms with Gasteiger partial charge in [0, 0.05) is 18.1 Å². The molecule has 2 aromatic rings. The van der Waals surface area contributed by atoms with Crippen molar-refractivity contribution in [2.75, 3.05) is 19.7 Å². The second kappa shape index (κ2) is 9.99. The summed E-state index contributed by atoms with van der Waals surface area (Å²) >= 11 is 5.91. The normalized spacial score (nSPS) is 13.8. The van der Waals surface area contributed by atoms with Crippen LogP contribution in [0, 0.1) is 11.3 Å². The zero-order valence-electron chi connectivity index (χ0n) is 16.4. The van der Waals surface area contributed by atoms with Crippen LogP contribution in [0.15, 0.2) is 48.0 Å². The van der Waals surface area contributed by atoms with Crippen molar-refractivity contribution in [2.24, 2.45) is 0 Å². The van der Waals surface area contributed by atoms with Crippen LogP contribution in [-0.4, -0.2) is 30.5 Å². The van der Waals surface area contributed by atoms with Gasteiger partial charge < -0.3 is 14.4 Å². The number of halogens is 1. The number of benzene rings is 2. The Labute approximate surface area is 176 Å². The molecule has 0 spiro atoms. The van der Waals surface area contributed by atoms with E-state index in [1.54, 1.807) is 23.1 Å². The van der Waals surface area contributed by atoms with E-state index in [9.17, 15) is 10.1 Å². The van der Waals surface area contributed by atoms with E-state index in [-0.39, 0.29) is 11.5 Å². The molecule has 2 aromatic carbocycles. The third kappa shape index (κ3) is 5.52. The average Bonchev–Trinajstić information content (AvgIpc) is 3.27. The first-order valence-electron chi connectivity index (χ1n) is 9.66. The minimum absolute atomic E-state index is 0.129. The number of nitriles is 1. The molecule has 5 nitrogen and oxygen atoms in total. The molecule has 0 N–H and O–H groups in total. The van der Waals surface area contributed by atoms with Gasteiger partial charge in [-0.3, -0.25) is 4.79 Å². The van der Waals surface area contributed by atoms with Crippen molar-refractivity contribution in [3.05, 3.63) is 64.2 Å². The van der Waals surface area contributed by atoms with Crippen molar-refractivity contribution < 1.29 is 14.3 Å². The monoisotopic (exact) mass is 410 g/mol. The SMILES string of the molecule is CCOc1cc(/C=C(\C#N)C(=O)N2CCCC2)ccc1OCc1ccc(Cl)cc1. The highest BCUT2D eigenvalue weighted by Gasteiger charge is 2.21. The average molecular weight is 411 g/mol. The predicted molar refractivity (Wildman–Crippen MR) is 113 cm³/mol. The van der Waals surface area contributed by atoms with E-state index in [0.29, 0.717) is 42.8 Å². The van der Waals surface area contributed by atoms with Crippen molar-refractivity contribution >= 4 is 23.6 Å². The number of hydrogen-bond acceptors (Lipinski definition) is 4. The standard InChI is InChI=1S/C23H23ClN2O3/c1-2-28-22-14-18(13-19(15-25)23(27)26-11-3-4-12-26)7-10-21(22)29-16-17-5-8-20(24)9-6-17/h5-10,13-14H,2-4,11-12,16H2,1H3/b19-13+. The van der Waals surface area contributed by atoms with Gasteiger partial charge in [-0.25, -0.2) is 0 Å². The summed E-state index contributed by atoms with van der Waals surface area (Å²) < 4.78 is 11.6. The number of hydrogen-bond donors (Lipinski definition) is 0. The van der Waals surface area contributed by atoms with Crippen LogP contribution < -0.4 is 9.47 Å². The van der Waals surface area contributed by atoms with E-state index in [1.165, 1.54) is 0 Å². The fraction of sp³-hybridized carbons (Fsp3) is 0.304. The predicted octanol–water partition coefficient (Wildman–Crippen LogP) is 4.85. The topological polar surface area (TPSA) is 62.6 Å². The first-order chi connectivity index (χ1) is 14.1. The molecule has 29 heavy (non-hydrogen) atoms. The molecule has 6 heteroatoms. The number of amides is 1. The quantitative estimate of drug-likeness (QED) is 0.483. The fourth-order valence-corrected chi connectivity index (χ4v) is 3.27. The molecule has 1 fully saturated rings. The third-order valence-electron chi connectivity index (χ3n) is 4.63. The molecule has 1 heterocycles. The van der Waals surface area contributed by atoms with Crippen LogP contribution in [0.25, 0.3) is 6.08 Å². The van der Waals surface area contributed by atoms with Gasteiger partial charge >= 0.3 is 0 Å². The molecule has 0 radical (unpaired) electrons. The van der Waals surface area contributed by atoms with E-state index in [4.69, 9.17) is 21.1 Å². The lowest BCUT2D eigenvalue weighted by Gasteiger charge is -2.15. The molecular weight excluding hydrogens is 388 g/mol. The highest BCUT2D eigenvalue weighted by atomic mass is 35.5. The Kier molecular flexibility index (Phi) is 7.15. The van der Waals surface area contributed by atoms with Crippen LogP contribution in [0.2, 0.25) is 5.02 Å². The van der Waals surface area contributed by atoms with Gasteiger partial charge in [-0.15, -0.1) is 0 Å². The van der Waals surface area contributed by atoms with Crippen LogP contribution in [-0.2, 0) is 11.4 Å². The van der Waals surface area contributed by atoms with Crippen LogP contribution in [0.1, 0.15) is 30.9 Å². The fourth-order valence-electron chi connectivity index (χ4n) is 3.14. The van der Waals surface area contributed by atoms with Gasteiger partial charge in [0.25, 0.3) is 5.91 Å². The molecule has 1 amide bonds. The van der Waals surface area contributed by atoms with E-state index < -0.39 is 0 Å². The lowest BCUT2D eigenvalue weighted by Crippen LogP contribution is -2.28. The first-order valence-corrected chi connectivity index (χ1v) is 10.0. The Morgan fingerprint density at radius 2 is 1.86 bits per heavy atom. The molecule has 1 aliphatic heterocycles. The number of carbonyl (C=O) groups is 1. The summed E-state index contributed by atoms with van der Waals surface area (Å²) in [6.45, 7) is 4.16. The molecule has 0 bridgehead atoms. The molecule has 3 rings (SSSR count). The molecule has 0 atom stereocenters. The first kappa shape index (κ1) is 20.8. The summed E-state index contributed by atoms with van der Waals surface area (Å²) in [4.78, 5) is 14.2. The van der Waals surface area contributed by atoms with Crippen molar-refractivity contribution in [2.45, 2.75) is 26.4 Å². The number of nitrogens with zero attached hydrogens (tertiary/aromatic N) is 2. The van der Waals surface area contributed by atoms with Crippen molar-refractivity contribution in [3.8, 4) is 17.6 Å². The largest absolute Gasteiger partial charge is 0.490 e. The van der Waals surface area contributed by atoms with Gasteiger partial charge in [0.15, 0.2) is 11.5 Å². The second-order valence-corrected chi connectivity index (χ2v) is 7.16. The van der Waals surface area contributed by atoms with Crippen LogP contribution >= 0.6 is 11.6 Å².